The number of halogens is 4. The fourth-order valence-electron chi connectivity index (χ4n) is 0.984. The van der Waals surface area contributed by atoms with E-state index in [9.17, 15) is 22.4 Å². The highest BCUT2D eigenvalue weighted by Crippen LogP contribution is 2.35. The second kappa shape index (κ2) is 3.88. The van der Waals surface area contributed by atoms with Crippen molar-refractivity contribution in [1.29, 1.82) is 0 Å². The Morgan fingerprint density at radius 2 is 1.87 bits per heavy atom. The predicted molar refractivity (Wildman–Crippen MR) is 42.8 cm³/mol. The molecule has 0 saturated carbocycles. The van der Waals surface area contributed by atoms with E-state index >= 15 is 0 Å². The molecule has 0 radical (unpaired) electrons. The molecule has 15 heavy (non-hydrogen) atoms. The second-order valence-corrected chi connectivity index (χ2v) is 2.81. The summed E-state index contributed by atoms with van der Waals surface area (Å²) >= 11 is 0. The van der Waals surface area contributed by atoms with E-state index in [-0.39, 0.29) is 0 Å². The summed E-state index contributed by atoms with van der Waals surface area (Å²) in [6, 6.07) is 3.88. The van der Waals surface area contributed by atoms with Crippen LogP contribution in [0.25, 0.3) is 0 Å². The molecule has 0 bridgehead atoms. The van der Waals surface area contributed by atoms with Gasteiger partial charge >= 0.3 is 11.9 Å². The van der Waals surface area contributed by atoms with Crippen LogP contribution in [0.1, 0.15) is 11.7 Å². The van der Waals surface area contributed by atoms with E-state index in [1.807, 2.05) is 0 Å². The molecule has 1 rings (SSSR count). The summed E-state index contributed by atoms with van der Waals surface area (Å²) in [4.78, 5) is 10.0. The third-order valence-corrected chi connectivity index (χ3v) is 1.78. The van der Waals surface area contributed by atoms with Crippen LogP contribution in [0.4, 0.5) is 17.6 Å². The fraction of sp³-hybridized carbons (Fsp3) is 0.222. The first kappa shape index (κ1) is 11.5. The summed E-state index contributed by atoms with van der Waals surface area (Å²) in [7, 11) is 0. The molecule has 1 atom stereocenters. The van der Waals surface area contributed by atoms with Gasteiger partial charge in [-0.1, -0.05) is 18.2 Å². The van der Waals surface area contributed by atoms with E-state index in [1.165, 1.54) is 6.07 Å². The number of aliphatic carboxylic acids is 1. The normalized spacial score (nSPS) is 13.6. The largest absolute Gasteiger partial charge is 0.477 e. The van der Waals surface area contributed by atoms with Crippen molar-refractivity contribution in [2.45, 2.75) is 12.1 Å². The Labute approximate surface area is 82.1 Å². The molecule has 0 saturated heterocycles. The Balaban J connectivity index is 3.10. The molecule has 0 heterocycles. The summed E-state index contributed by atoms with van der Waals surface area (Å²) < 4.78 is 51.3. The number of hydrogen-bond donors (Lipinski definition) is 1. The van der Waals surface area contributed by atoms with Gasteiger partial charge in [0.15, 0.2) is 0 Å². The van der Waals surface area contributed by atoms with Crippen molar-refractivity contribution in [2.75, 3.05) is 0 Å². The maximum atomic E-state index is 13.1. The smallest absolute Gasteiger partial charge is 0.378 e. The van der Waals surface area contributed by atoms with Gasteiger partial charge in [-0.3, -0.25) is 0 Å². The van der Waals surface area contributed by atoms with E-state index in [0.717, 1.165) is 18.2 Å². The number of benzene rings is 1. The number of carboxylic acid groups (broad SMARTS) is 1. The van der Waals surface area contributed by atoms with Gasteiger partial charge in [0.2, 0.25) is 6.17 Å². The Morgan fingerprint density at radius 3 is 2.33 bits per heavy atom. The molecule has 1 N–H and O–H groups in total. The number of hydrogen-bond acceptors (Lipinski definition) is 1. The molecule has 2 nitrogen and oxygen atoms in total. The van der Waals surface area contributed by atoms with Gasteiger partial charge < -0.3 is 5.11 Å². The van der Waals surface area contributed by atoms with Crippen LogP contribution in [-0.2, 0) is 4.79 Å². The van der Waals surface area contributed by atoms with Crippen LogP contribution in [0, 0.1) is 5.82 Å². The lowest BCUT2D eigenvalue weighted by Crippen LogP contribution is -2.33. The zero-order valence-corrected chi connectivity index (χ0v) is 7.25. The van der Waals surface area contributed by atoms with Crippen LogP contribution in [0.5, 0.6) is 0 Å². The van der Waals surface area contributed by atoms with Crippen molar-refractivity contribution < 1.29 is 27.5 Å². The number of carboxylic acids is 1. The predicted octanol–water partition coefficient (Wildman–Crippen LogP) is 2.56. The molecular formula is C9H6F4O2. The Bertz CT molecular complexity index is 378. The highest BCUT2D eigenvalue weighted by atomic mass is 19.3. The average Bonchev–Trinajstić information content (AvgIpc) is 2.17. The molecule has 0 fully saturated rings. The highest BCUT2D eigenvalue weighted by Gasteiger charge is 2.50. The zero-order chi connectivity index (χ0) is 11.6. The number of alkyl halides is 3. The molecule has 0 aliphatic rings. The minimum Gasteiger partial charge on any atom is -0.477 e. The average molecular weight is 222 g/mol. The molecule has 82 valence electrons. The van der Waals surface area contributed by atoms with Crippen LogP contribution >= 0.6 is 0 Å². The fourth-order valence-corrected chi connectivity index (χ4v) is 0.984. The summed E-state index contributed by atoms with van der Waals surface area (Å²) in [5.41, 5.74) is -0.968. The highest BCUT2D eigenvalue weighted by molar-refractivity contribution is 5.76. The van der Waals surface area contributed by atoms with Crippen molar-refractivity contribution in [3.8, 4) is 0 Å². The van der Waals surface area contributed by atoms with Crippen molar-refractivity contribution in [2.24, 2.45) is 0 Å². The van der Waals surface area contributed by atoms with Gasteiger partial charge in [0, 0.05) is 5.56 Å². The molecule has 0 amide bonds. The topological polar surface area (TPSA) is 37.3 Å². The lowest BCUT2D eigenvalue weighted by molar-refractivity contribution is -0.175. The van der Waals surface area contributed by atoms with E-state index in [1.54, 1.807) is 0 Å². The molecule has 1 unspecified atom stereocenters. The zero-order valence-electron chi connectivity index (χ0n) is 7.25. The van der Waals surface area contributed by atoms with Crippen molar-refractivity contribution in [3.05, 3.63) is 35.6 Å². The number of carbonyl (C=O) groups is 1. The molecule has 0 spiro atoms. The van der Waals surface area contributed by atoms with Crippen LogP contribution in [0.2, 0.25) is 0 Å². The van der Waals surface area contributed by atoms with E-state index in [0.29, 0.717) is 0 Å². The van der Waals surface area contributed by atoms with Gasteiger partial charge in [0.05, 0.1) is 0 Å². The van der Waals surface area contributed by atoms with Gasteiger partial charge in [-0.25, -0.2) is 13.6 Å². The van der Waals surface area contributed by atoms with Gasteiger partial charge in [0.25, 0.3) is 0 Å². The summed E-state index contributed by atoms with van der Waals surface area (Å²) in [6.45, 7) is 0. The van der Waals surface area contributed by atoms with E-state index in [4.69, 9.17) is 5.11 Å². The monoisotopic (exact) mass is 222 g/mol. The van der Waals surface area contributed by atoms with Gasteiger partial charge in [-0.05, 0) is 6.07 Å². The first-order valence-electron chi connectivity index (χ1n) is 3.87. The van der Waals surface area contributed by atoms with E-state index in [2.05, 4.69) is 0 Å². The molecule has 1 aromatic rings. The standard InChI is InChI=1S/C9H6F4O2/c10-6-4-2-1-3-5(6)7(11)9(12,13)8(14)15/h1-4,7H,(H,14,15). The van der Waals surface area contributed by atoms with E-state index < -0.39 is 29.4 Å². The molecule has 1 aromatic carbocycles. The van der Waals surface area contributed by atoms with Gasteiger partial charge in [-0.2, -0.15) is 8.78 Å². The quantitative estimate of drug-likeness (QED) is 0.798. The first-order valence-corrected chi connectivity index (χ1v) is 3.87. The van der Waals surface area contributed by atoms with Crippen LogP contribution in [0.3, 0.4) is 0 Å². The van der Waals surface area contributed by atoms with Crippen LogP contribution in [-0.4, -0.2) is 17.0 Å². The molecule has 0 aliphatic heterocycles. The summed E-state index contributed by atoms with van der Waals surface area (Å²) in [6.07, 6.45) is -3.20. The summed E-state index contributed by atoms with van der Waals surface area (Å²) in [5.74, 6) is -8.47. The van der Waals surface area contributed by atoms with Gasteiger partial charge in [-0.15, -0.1) is 0 Å². The van der Waals surface area contributed by atoms with Crippen molar-refractivity contribution in [1.82, 2.24) is 0 Å². The Kier molecular flexibility index (Phi) is 2.97. The molecule has 0 aliphatic carbocycles. The maximum Gasteiger partial charge on any atom is 0.378 e. The Hall–Kier alpha value is -1.59. The lowest BCUT2D eigenvalue weighted by Gasteiger charge is -2.16. The van der Waals surface area contributed by atoms with Crippen LogP contribution in [0.15, 0.2) is 24.3 Å². The molecular weight excluding hydrogens is 216 g/mol. The number of rotatable bonds is 3. The van der Waals surface area contributed by atoms with Crippen LogP contribution < -0.4 is 0 Å². The molecule has 0 aromatic heterocycles. The Morgan fingerprint density at radius 1 is 1.33 bits per heavy atom. The minimum absolute atomic E-state index is 0.775. The lowest BCUT2D eigenvalue weighted by atomic mass is 10.0. The SMILES string of the molecule is O=C(O)C(F)(F)C(F)c1ccccc1F. The third kappa shape index (κ3) is 2.08. The minimum atomic E-state index is -4.64. The van der Waals surface area contributed by atoms with Gasteiger partial charge in [0.1, 0.15) is 5.82 Å². The maximum absolute atomic E-state index is 13.1. The second-order valence-electron chi connectivity index (χ2n) is 2.81. The first-order chi connectivity index (χ1) is 6.87. The van der Waals surface area contributed by atoms with Crippen molar-refractivity contribution >= 4 is 5.97 Å². The van der Waals surface area contributed by atoms with Crippen molar-refractivity contribution in [3.63, 3.8) is 0 Å². The summed E-state index contributed by atoms with van der Waals surface area (Å²) in [5, 5.41) is 8.05. The third-order valence-electron chi connectivity index (χ3n) is 1.78. The molecule has 6 heteroatoms.